The van der Waals surface area contributed by atoms with Crippen molar-refractivity contribution >= 4 is 11.0 Å². The van der Waals surface area contributed by atoms with Gasteiger partial charge in [-0.3, -0.25) is 0 Å². The molecule has 8 nitrogen and oxygen atoms in total. The minimum absolute atomic E-state index is 0.0400. The van der Waals surface area contributed by atoms with Gasteiger partial charge in [0.15, 0.2) is 5.58 Å². The van der Waals surface area contributed by atoms with Gasteiger partial charge in [-0.1, -0.05) is 6.07 Å². The van der Waals surface area contributed by atoms with E-state index in [1.54, 1.807) is 7.11 Å². The average Bonchev–Trinajstić information content (AvgIpc) is 3.46. The van der Waals surface area contributed by atoms with E-state index in [-0.39, 0.29) is 12.2 Å². The number of ether oxygens (including phenoxy) is 4. The predicted octanol–water partition coefficient (Wildman–Crippen LogP) is 3.41. The van der Waals surface area contributed by atoms with Crippen molar-refractivity contribution in [2.75, 3.05) is 46.6 Å². The molecule has 2 saturated heterocycles. The van der Waals surface area contributed by atoms with Crippen LogP contribution in [0.5, 0.6) is 11.6 Å². The molecule has 1 aromatic heterocycles. The highest BCUT2D eigenvalue weighted by Gasteiger charge is 2.34. The van der Waals surface area contributed by atoms with Crippen LogP contribution in [0.25, 0.3) is 11.0 Å². The Morgan fingerprint density at radius 3 is 2.70 bits per heavy atom. The van der Waals surface area contributed by atoms with Gasteiger partial charge in [-0.25, -0.2) is 0 Å². The molecule has 2 atom stereocenters. The molecule has 2 aliphatic heterocycles. The minimum atomic E-state index is -0.598. The van der Waals surface area contributed by atoms with Crippen LogP contribution >= 0.6 is 0 Å². The van der Waals surface area contributed by atoms with Gasteiger partial charge in [0.1, 0.15) is 17.2 Å². The highest BCUT2D eigenvalue weighted by Crippen LogP contribution is 2.37. The van der Waals surface area contributed by atoms with Crippen LogP contribution in [-0.2, 0) is 9.47 Å². The quantitative estimate of drug-likeness (QED) is 0.642. The Labute approximate surface area is 195 Å². The summed E-state index contributed by atoms with van der Waals surface area (Å²) >= 11 is 0. The van der Waals surface area contributed by atoms with Gasteiger partial charge in [0.25, 0.3) is 5.88 Å². The molecule has 182 valence electrons. The summed E-state index contributed by atoms with van der Waals surface area (Å²) in [5, 5.41) is 15.8. The number of hydrogen-bond donors (Lipinski definition) is 1. The molecule has 0 bridgehead atoms. The van der Waals surface area contributed by atoms with Crippen LogP contribution in [0.1, 0.15) is 44.9 Å². The average molecular weight is 461 g/mol. The number of nitrogens with zero attached hydrogens (tertiary/aromatic N) is 2. The number of likely N-dealkylation sites (tertiary alicyclic amines) is 1. The third-order valence-electron chi connectivity index (χ3n) is 7.51. The van der Waals surface area contributed by atoms with Gasteiger partial charge in [-0.15, -0.1) is 0 Å². The van der Waals surface area contributed by atoms with Gasteiger partial charge in [0.2, 0.25) is 0 Å². The van der Waals surface area contributed by atoms with Crippen LogP contribution in [0.2, 0.25) is 0 Å². The number of β-amino-alcohol motifs (C(OH)–C–C–N with tert-alkyl or cyclic N) is 1. The minimum Gasteiger partial charge on any atom is -0.487 e. The SMILES string of the molecule is CO[C@@H]1CCC[C@H]1Oc1cccc2onc(OCC3CCN(CC4(O)CCOCC4)CC3)c12. The molecule has 33 heavy (non-hydrogen) atoms. The van der Waals surface area contributed by atoms with Crippen molar-refractivity contribution < 1.29 is 28.6 Å². The standard InChI is InChI=1S/C25H36N2O6/c1-29-19-4-2-5-20(19)32-21-6-3-7-22-23(21)24(26-33-22)31-16-18-8-12-27(13-9-18)17-25(28)10-14-30-15-11-25/h3,6-7,18-20,28H,2,4-5,8-17H2,1H3/t19-,20-/m1/s1. The fraction of sp³-hybridized carbons (Fsp3) is 0.720. The topological polar surface area (TPSA) is 86.4 Å². The van der Waals surface area contributed by atoms with Crippen molar-refractivity contribution in [1.82, 2.24) is 10.1 Å². The molecule has 1 saturated carbocycles. The van der Waals surface area contributed by atoms with Gasteiger partial charge in [-0.2, -0.15) is 0 Å². The summed E-state index contributed by atoms with van der Waals surface area (Å²) in [6.45, 7) is 4.61. The molecule has 1 aromatic carbocycles. The first-order valence-electron chi connectivity index (χ1n) is 12.4. The molecule has 0 amide bonds. The van der Waals surface area contributed by atoms with Crippen LogP contribution in [0, 0.1) is 5.92 Å². The van der Waals surface area contributed by atoms with E-state index in [1.165, 1.54) is 0 Å². The molecule has 3 fully saturated rings. The number of piperidine rings is 1. The van der Waals surface area contributed by atoms with Crippen molar-refractivity contribution in [2.45, 2.75) is 62.8 Å². The maximum Gasteiger partial charge on any atom is 0.265 e. The Morgan fingerprint density at radius 2 is 1.91 bits per heavy atom. The lowest BCUT2D eigenvalue weighted by molar-refractivity contribution is -0.0834. The molecule has 3 aliphatic rings. The van der Waals surface area contributed by atoms with E-state index in [2.05, 4.69) is 10.1 Å². The summed E-state index contributed by atoms with van der Waals surface area (Å²) < 4.78 is 29.0. The Balaban J connectivity index is 1.17. The second-order valence-corrected chi connectivity index (χ2v) is 9.85. The van der Waals surface area contributed by atoms with Crippen LogP contribution < -0.4 is 9.47 Å². The summed E-state index contributed by atoms with van der Waals surface area (Å²) in [5.41, 5.74) is 0.0765. The number of rotatable bonds is 8. The van der Waals surface area contributed by atoms with Gasteiger partial charge in [0, 0.05) is 39.7 Å². The first-order valence-corrected chi connectivity index (χ1v) is 12.4. The highest BCUT2D eigenvalue weighted by molar-refractivity contribution is 5.88. The number of aliphatic hydroxyl groups is 1. The fourth-order valence-electron chi connectivity index (χ4n) is 5.42. The molecule has 1 aliphatic carbocycles. The van der Waals surface area contributed by atoms with Crippen molar-refractivity contribution in [2.24, 2.45) is 5.92 Å². The van der Waals surface area contributed by atoms with Crippen molar-refractivity contribution in [3.63, 3.8) is 0 Å². The number of benzene rings is 1. The van der Waals surface area contributed by atoms with Crippen molar-refractivity contribution in [1.29, 1.82) is 0 Å². The second kappa shape index (κ2) is 10.2. The molecule has 8 heteroatoms. The zero-order valence-electron chi connectivity index (χ0n) is 19.5. The first kappa shape index (κ1) is 22.9. The van der Waals surface area contributed by atoms with E-state index in [0.29, 0.717) is 37.2 Å². The lowest BCUT2D eigenvalue weighted by Gasteiger charge is -2.39. The Kier molecular flexibility index (Phi) is 7.06. The van der Waals surface area contributed by atoms with E-state index in [4.69, 9.17) is 23.5 Å². The lowest BCUT2D eigenvalue weighted by Crippen LogP contribution is -2.49. The Hall–Kier alpha value is -1.87. The Bertz CT molecular complexity index is 903. The molecule has 0 spiro atoms. The number of methoxy groups -OCH3 is 1. The highest BCUT2D eigenvalue weighted by atomic mass is 16.6. The molecule has 0 radical (unpaired) electrons. The van der Waals surface area contributed by atoms with Crippen LogP contribution in [0.4, 0.5) is 0 Å². The Morgan fingerprint density at radius 1 is 1.12 bits per heavy atom. The number of aromatic nitrogens is 1. The van der Waals surface area contributed by atoms with E-state index >= 15 is 0 Å². The molecule has 5 rings (SSSR count). The first-order chi connectivity index (χ1) is 16.1. The van der Waals surface area contributed by atoms with E-state index in [0.717, 1.165) is 75.7 Å². The van der Waals surface area contributed by atoms with Crippen molar-refractivity contribution in [3.05, 3.63) is 18.2 Å². The van der Waals surface area contributed by atoms with Gasteiger partial charge < -0.3 is 33.5 Å². The molecular weight excluding hydrogens is 424 g/mol. The van der Waals surface area contributed by atoms with Gasteiger partial charge >= 0.3 is 0 Å². The van der Waals surface area contributed by atoms with E-state index in [9.17, 15) is 5.11 Å². The summed E-state index contributed by atoms with van der Waals surface area (Å²) in [7, 11) is 1.75. The van der Waals surface area contributed by atoms with Crippen LogP contribution in [0.3, 0.4) is 0 Å². The smallest absolute Gasteiger partial charge is 0.265 e. The van der Waals surface area contributed by atoms with E-state index < -0.39 is 5.60 Å². The van der Waals surface area contributed by atoms with Crippen molar-refractivity contribution in [3.8, 4) is 11.6 Å². The van der Waals surface area contributed by atoms with Crippen LogP contribution in [-0.4, -0.2) is 79.5 Å². The zero-order valence-corrected chi connectivity index (χ0v) is 19.5. The zero-order chi connectivity index (χ0) is 22.7. The maximum absolute atomic E-state index is 10.8. The maximum atomic E-state index is 10.8. The summed E-state index contributed by atoms with van der Waals surface area (Å²) in [6.07, 6.45) is 6.82. The lowest BCUT2D eigenvalue weighted by atomic mass is 9.91. The van der Waals surface area contributed by atoms with Crippen LogP contribution in [0.15, 0.2) is 22.7 Å². The molecular formula is C25H36N2O6. The number of fused-ring (bicyclic) bond motifs is 1. The monoisotopic (exact) mass is 460 g/mol. The normalized spacial score (nSPS) is 26.6. The molecule has 0 unspecified atom stereocenters. The molecule has 2 aromatic rings. The fourth-order valence-corrected chi connectivity index (χ4v) is 5.42. The predicted molar refractivity (Wildman–Crippen MR) is 123 cm³/mol. The summed E-state index contributed by atoms with van der Waals surface area (Å²) in [4.78, 5) is 2.38. The van der Waals surface area contributed by atoms with E-state index in [1.807, 2.05) is 18.2 Å². The largest absolute Gasteiger partial charge is 0.487 e. The third-order valence-corrected chi connectivity index (χ3v) is 7.51. The van der Waals surface area contributed by atoms with Gasteiger partial charge in [0.05, 0.1) is 18.3 Å². The van der Waals surface area contributed by atoms with Gasteiger partial charge in [-0.05, 0) is 68.4 Å². The summed E-state index contributed by atoms with van der Waals surface area (Å²) in [5.74, 6) is 1.71. The number of hydrogen-bond acceptors (Lipinski definition) is 8. The second-order valence-electron chi connectivity index (χ2n) is 9.85. The molecule has 1 N–H and O–H groups in total. The molecule has 3 heterocycles. The summed E-state index contributed by atoms with van der Waals surface area (Å²) in [6, 6.07) is 5.77. The third kappa shape index (κ3) is 5.29.